The van der Waals surface area contributed by atoms with Crippen LogP contribution in [0, 0.1) is 25.5 Å². The SMILES string of the molecule is Cc1ccc(NS(=O)(=O)c2cc(N)cc(F)c2F)c(C)n1. The first-order chi connectivity index (χ1) is 9.70. The van der Waals surface area contributed by atoms with Crippen molar-refractivity contribution in [3.63, 3.8) is 0 Å². The van der Waals surface area contributed by atoms with E-state index in [0.717, 1.165) is 6.07 Å². The average Bonchev–Trinajstić information content (AvgIpc) is 2.37. The number of rotatable bonds is 3. The summed E-state index contributed by atoms with van der Waals surface area (Å²) in [5.41, 5.74) is 6.48. The van der Waals surface area contributed by atoms with Gasteiger partial charge < -0.3 is 5.73 Å². The summed E-state index contributed by atoms with van der Waals surface area (Å²) in [7, 11) is -4.31. The average molecular weight is 313 g/mol. The van der Waals surface area contributed by atoms with Crippen molar-refractivity contribution < 1.29 is 17.2 Å². The number of benzene rings is 1. The number of halogens is 2. The molecule has 1 aromatic carbocycles. The predicted molar refractivity (Wildman–Crippen MR) is 75.3 cm³/mol. The summed E-state index contributed by atoms with van der Waals surface area (Å²) in [6.07, 6.45) is 0. The van der Waals surface area contributed by atoms with Crippen LogP contribution < -0.4 is 10.5 Å². The van der Waals surface area contributed by atoms with Gasteiger partial charge in [0.1, 0.15) is 4.90 Å². The maximum atomic E-state index is 13.7. The second-order valence-corrected chi connectivity index (χ2v) is 6.16. The van der Waals surface area contributed by atoms with E-state index < -0.39 is 26.6 Å². The Morgan fingerprint density at radius 3 is 2.48 bits per heavy atom. The number of hydrogen-bond acceptors (Lipinski definition) is 4. The van der Waals surface area contributed by atoms with Crippen LogP contribution in [0.4, 0.5) is 20.2 Å². The first kappa shape index (κ1) is 15.2. The second-order valence-electron chi connectivity index (χ2n) is 4.51. The van der Waals surface area contributed by atoms with E-state index in [0.29, 0.717) is 17.5 Å². The van der Waals surface area contributed by atoms with E-state index in [2.05, 4.69) is 9.71 Å². The van der Waals surface area contributed by atoms with Crippen LogP contribution >= 0.6 is 0 Å². The highest BCUT2D eigenvalue weighted by atomic mass is 32.2. The van der Waals surface area contributed by atoms with Gasteiger partial charge in [-0.3, -0.25) is 9.71 Å². The minimum Gasteiger partial charge on any atom is -0.399 e. The smallest absolute Gasteiger partial charge is 0.265 e. The van der Waals surface area contributed by atoms with Gasteiger partial charge in [0.15, 0.2) is 11.6 Å². The van der Waals surface area contributed by atoms with Crippen molar-refractivity contribution in [2.45, 2.75) is 18.7 Å². The molecule has 0 aliphatic rings. The third-order valence-electron chi connectivity index (χ3n) is 2.78. The molecule has 0 aliphatic carbocycles. The Kier molecular flexibility index (Phi) is 3.82. The lowest BCUT2D eigenvalue weighted by atomic mass is 10.3. The van der Waals surface area contributed by atoms with E-state index in [4.69, 9.17) is 5.73 Å². The van der Waals surface area contributed by atoms with Gasteiger partial charge in [-0.05, 0) is 38.1 Å². The van der Waals surface area contributed by atoms with Crippen LogP contribution in [-0.4, -0.2) is 13.4 Å². The lowest BCUT2D eigenvalue weighted by Gasteiger charge is -2.12. The fourth-order valence-electron chi connectivity index (χ4n) is 1.77. The zero-order valence-electron chi connectivity index (χ0n) is 11.3. The van der Waals surface area contributed by atoms with Crippen LogP contribution in [0.5, 0.6) is 0 Å². The molecule has 0 bridgehead atoms. The fourth-order valence-corrected chi connectivity index (χ4v) is 3.01. The normalized spacial score (nSPS) is 11.4. The van der Waals surface area contributed by atoms with Crippen molar-refractivity contribution >= 4 is 21.4 Å². The zero-order valence-corrected chi connectivity index (χ0v) is 12.1. The summed E-state index contributed by atoms with van der Waals surface area (Å²) < 4.78 is 53.5. The van der Waals surface area contributed by atoms with Crippen molar-refractivity contribution in [2.75, 3.05) is 10.5 Å². The summed E-state index contributed by atoms with van der Waals surface area (Å²) in [4.78, 5) is 3.24. The van der Waals surface area contributed by atoms with Crippen LogP contribution in [0.2, 0.25) is 0 Å². The molecule has 3 N–H and O–H groups in total. The Bertz CT molecular complexity index is 807. The van der Waals surface area contributed by atoms with E-state index in [1.165, 1.54) is 6.07 Å². The fraction of sp³-hybridized carbons (Fsp3) is 0.154. The van der Waals surface area contributed by atoms with Gasteiger partial charge in [0, 0.05) is 11.4 Å². The van der Waals surface area contributed by atoms with E-state index in [1.807, 2.05) is 0 Å². The molecule has 8 heteroatoms. The van der Waals surface area contributed by atoms with Crippen LogP contribution in [0.25, 0.3) is 0 Å². The molecule has 0 spiro atoms. The molecule has 1 aromatic heterocycles. The number of nitrogens with one attached hydrogen (secondary N) is 1. The summed E-state index contributed by atoms with van der Waals surface area (Å²) in [5, 5.41) is 0. The summed E-state index contributed by atoms with van der Waals surface area (Å²) in [6.45, 7) is 3.35. The number of pyridine rings is 1. The lowest BCUT2D eigenvalue weighted by Crippen LogP contribution is -2.17. The molecule has 0 unspecified atom stereocenters. The number of aromatic nitrogens is 1. The van der Waals surface area contributed by atoms with E-state index in [9.17, 15) is 17.2 Å². The maximum absolute atomic E-state index is 13.7. The third kappa shape index (κ3) is 3.10. The molecular formula is C13H13F2N3O2S. The van der Waals surface area contributed by atoms with Gasteiger partial charge in [-0.2, -0.15) is 0 Å². The largest absolute Gasteiger partial charge is 0.399 e. The topological polar surface area (TPSA) is 85.1 Å². The Morgan fingerprint density at radius 2 is 1.86 bits per heavy atom. The monoisotopic (exact) mass is 313 g/mol. The van der Waals surface area contributed by atoms with Gasteiger partial charge in [0.2, 0.25) is 0 Å². The van der Waals surface area contributed by atoms with Crippen molar-refractivity contribution in [2.24, 2.45) is 0 Å². The molecule has 0 saturated heterocycles. The minimum absolute atomic E-state index is 0.183. The quantitative estimate of drug-likeness (QED) is 0.852. The molecule has 0 aliphatic heterocycles. The van der Waals surface area contributed by atoms with Gasteiger partial charge in [-0.25, -0.2) is 17.2 Å². The van der Waals surface area contributed by atoms with Gasteiger partial charge in [0.05, 0.1) is 11.4 Å². The second kappa shape index (κ2) is 5.28. The number of nitrogens with zero attached hydrogens (tertiary/aromatic N) is 1. The number of nitrogen functional groups attached to an aromatic ring is 1. The first-order valence-corrected chi connectivity index (χ1v) is 7.40. The van der Waals surface area contributed by atoms with Crippen molar-refractivity contribution in [1.82, 2.24) is 4.98 Å². The molecule has 112 valence electrons. The molecular weight excluding hydrogens is 300 g/mol. The van der Waals surface area contributed by atoms with Gasteiger partial charge in [0.25, 0.3) is 10.0 Å². The summed E-state index contributed by atoms with van der Waals surface area (Å²) in [5.74, 6) is -2.80. The van der Waals surface area contributed by atoms with Crippen LogP contribution in [0.1, 0.15) is 11.4 Å². The minimum atomic E-state index is -4.31. The molecule has 2 rings (SSSR count). The van der Waals surface area contributed by atoms with E-state index in [1.54, 1.807) is 19.9 Å². The molecule has 0 saturated carbocycles. The Balaban J connectivity index is 2.48. The predicted octanol–water partition coefficient (Wildman–Crippen LogP) is 2.36. The highest BCUT2D eigenvalue weighted by Crippen LogP contribution is 2.24. The number of nitrogens with two attached hydrogens (primary N) is 1. The number of aryl methyl sites for hydroxylation is 2. The van der Waals surface area contributed by atoms with E-state index >= 15 is 0 Å². The molecule has 0 fully saturated rings. The van der Waals surface area contributed by atoms with Crippen molar-refractivity contribution in [3.8, 4) is 0 Å². The highest BCUT2D eigenvalue weighted by molar-refractivity contribution is 7.92. The van der Waals surface area contributed by atoms with Crippen LogP contribution in [0.3, 0.4) is 0 Å². The molecule has 21 heavy (non-hydrogen) atoms. The standard InChI is InChI=1S/C13H13F2N3O2S/c1-7-3-4-11(8(2)17-7)18-21(19,20)12-6-9(16)5-10(14)13(12)15/h3-6,18H,16H2,1-2H3. The molecule has 5 nitrogen and oxygen atoms in total. The van der Waals surface area contributed by atoms with Gasteiger partial charge in [-0.1, -0.05) is 0 Å². The molecule has 0 atom stereocenters. The summed E-state index contributed by atoms with van der Waals surface area (Å²) >= 11 is 0. The van der Waals surface area contributed by atoms with Crippen LogP contribution in [0.15, 0.2) is 29.2 Å². The van der Waals surface area contributed by atoms with Gasteiger partial charge >= 0.3 is 0 Å². The van der Waals surface area contributed by atoms with Crippen molar-refractivity contribution in [3.05, 3.63) is 47.3 Å². The first-order valence-electron chi connectivity index (χ1n) is 5.92. The number of hydrogen-bond donors (Lipinski definition) is 2. The number of anilines is 2. The Morgan fingerprint density at radius 1 is 1.19 bits per heavy atom. The molecule has 1 heterocycles. The lowest BCUT2D eigenvalue weighted by molar-refractivity contribution is 0.486. The maximum Gasteiger partial charge on any atom is 0.265 e. The molecule has 2 aromatic rings. The Hall–Kier alpha value is -2.22. The third-order valence-corrected chi connectivity index (χ3v) is 4.14. The zero-order chi connectivity index (χ0) is 15.8. The van der Waals surface area contributed by atoms with Crippen molar-refractivity contribution in [1.29, 1.82) is 0 Å². The van der Waals surface area contributed by atoms with E-state index in [-0.39, 0.29) is 11.4 Å². The Labute approximate surface area is 120 Å². The molecule has 0 amide bonds. The van der Waals surface area contributed by atoms with Crippen LogP contribution in [-0.2, 0) is 10.0 Å². The highest BCUT2D eigenvalue weighted by Gasteiger charge is 2.23. The van der Waals surface area contributed by atoms with Gasteiger partial charge in [-0.15, -0.1) is 0 Å². The summed E-state index contributed by atoms with van der Waals surface area (Å²) in [6, 6.07) is 4.67. The number of sulfonamides is 1. The molecule has 0 radical (unpaired) electrons.